The number of halogens is 1. The van der Waals surface area contributed by atoms with Crippen LogP contribution in [0.5, 0.6) is 57.5 Å². The fourth-order valence-corrected chi connectivity index (χ4v) is 10.5. The minimum absolute atomic E-state index is 0. The second-order valence-corrected chi connectivity index (χ2v) is 25.3. The number of amides is 4. The summed E-state index contributed by atoms with van der Waals surface area (Å²) in [5.74, 6) is 5.77. The summed E-state index contributed by atoms with van der Waals surface area (Å²) in [4.78, 5) is 54.9. The summed E-state index contributed by atoms with van der Waals surface area (Å²) >= 11 is 5.58. The summed E-state index contributed by atoms with van der Waals surface area (Å²) in [7, 11) is 13.5. The van der Waals surface area contributed by atoms with Gasteiger partial charge in [0, 0.05) is 97.3 Å². The summed E-state index contributed by atoms with van der Waals surface area (Å²) in [6.45, 7) is 14.4. The number of aliphatic hydroxyl groups is 4. The van der Waals surface area contributed by atoms with E-state index in [0.717, 1.165) is 67.6 Å². The highest BCUT2D eigenvalue weighted by Crippen LogP contribution is 2.30. The Balaban J connectivity index is 0.000000478. The highest BCUT2D eigenvalue weighted by molar-refractivity contribution is 6.27. The summed E-state index contributed by atoms with van der Waals surface area (Å²) in [6, 6.07) is 42.5. The van der Waals surface area contributed by atoms with Gasteiger partial charge in [0.05, 0.1) is 61.8 Å². The molecule has 5 atom stereocenters. The zero-order chi connectivity index (χ0) is 80.3. The molecule has 626 valence electrons. The van der Waals surface area contributed by atoms with Crippen molar-refractivity contribution in [2.75, 3.05) is 219 Å². The topological polar surface area (TPSA) is 365 Å². The normalized spacial score (nSPS) is 14.3. The van der Waals surface area contributed by atoms with Gasteiger partial charge in [0.25, 0.3) is 0 Å². The fourth-order valence-electron chi connectivity index (χ4n) is 10.4. The van der Waals surface area contributed by atoms with Crippen molar-refractivity contribution in [2.45, 2.75) is 59.2 Å². The standard InChI is InChI=1S/C24H31N3O5.C15H23ClN2O4.C14H20N2O4.C13H22N2O3.C10H12O3.C3H10N2.2CH4/c1-17-7-6-8-18(2)24(17)25-22(29)14-26-11-12-27(23(30)15-26)13-19(28)16-32-21-10-5-4-9-20(21)31-3;1-17-7-8-18(15(20)9-16)10-12(19)11-22-14-6-4-3-5-13(14)21-2;1-19-12-4-2-3-5-13(12)20-10-11(17)9-16-7-6-15-8-14(16)18;1-14-7-8-15-9-11(16)10-18-13-6-4-3-5-12(13)17-2;1-11-9-4-2-3-5-10(9)13-7-8-6-12-8;1-5-3-2-4;;/h4-10,19,28H,11-16H2,1-3H3,(H,25,29);3-6,12,17,19H,7-11H2,1-2H3;2-5,11,15,17H,6-10H2,1H3;3-6,11,14-16H,7-10H2,1-2H3;2-5,8H,6-7H2,1H3;5H,2-4H2,1H3;2*1H4. The molecule has 5 unspecified atom stereocenters. The van der Waals surface area contributed by atoms with Crippen molar-refractivity contribution < 1.29 is 91.7 Å². The lowest BCUT2D eigenvalue weighted by atomic mass is 10.1. The first-order valence-corrected chi connectivity index (χ1v) is 37.0. The third kappa shape index (κ3) is 39.5. The monoisotopic (exact) mass is 1590 g/mol. The van der Waals surface area contributed by atoms with Crippen molar-refractivity contribution in [1.82, 2.24) is 46.2 Å². The van der Waals surface area contributed by atoms with E-state index in [-0.39, 0.29) is 110 Å². The van der Waals surface area contributed by atoms with Gasteiger partial charge in [-0.15, -0.1) is 11.6 Å². The summed E-state index contributed by atoms with van der Waals surface area (Å²) in [5, 5.41) is 58.0. The van der Waals surface area contributed by atoms with Crippen LogP contribution in [0.1, 0.15) is 26.0 Å². The smallest absolute Gasteiger partial charge is 0.238 e. The van der Waals surface area contributed by atoms with Gasteiger partial charge >= 0.3 is 0 Å². The molecule has 12 N–H and O–H groups in total. The summed E-state index contributed by atoms with van der Waals surface area (Å²) < 4.78 is 58.6. The summed E-state index contributed by atoms with van der Waals surface area (Å²) in [6.07, 6.45) is -2.62. The van der Waals surface area contributed by atoms with Crippen LogP contribution < -0.4 is 85.0 Å². The Hall–Kier alpha value is -8.99. The van der Waals surface area contributed by atoms with Gasteiger partial charge in [0.1, 0.15) is 69.4 Å². The highest BCUT2D eigenvalue weighted by atomic mass is 35.5. The first kappa shape index (κ1) is 99.1. The maximum Gasteiger partial charge on any atom is 0.238 e. The number of aliphatic hydroxyl groups excluding tert-OH is 4. The Labute approximate surface area is 667 Å². The molecule has 0 spiro atoms. The fraction of sp³-hybridized carbons (Fsp3) is 0.506. The second-order valence-electron chi connectivity index (χ2n) is 25.0. The molecule has 0 aliphatic carbocycles. The van der Waals surface area contributed by atoms with Crippen LogP contribution in [0.4, 0.5) is 5.69 Å². The number of rotatable bonds is 40. The molecular formula is C81H126ClN11O19. The van der Waals surface area contributed by atoms with E-state index in [2.05, 4.69) is 31.9 Å². The average molecular weight is 1590 g/mol. The molecule has 30 nitrogen and oxygen atoms in total. The van der Waals surface area contributed by atoms with E-state index in [1.54, 1.807) is 88.8 Å². The first-order valence-electron chi connectivity index (χ1n) is 36.4. The van der Waals surface area contributed by atoms with Gasteiger partial charge < -0.3 is 125 Å². The van der Waals surface area contributed by atoms with Gasteiger partial charge in [-0.1, -0.05) is 93.7 Å². The number of piperazine rings is 2. The number of carbonyl (C=O) groups is 4. The number of ether oxygens (including phenoxy) is 11. The van der Waals surface area contributed by atoms with E-state index >= 15 is 0 Å². The Morgan fingerprint density at radius 3 is 1.35 bits per heavy atom. The van der Waals surface area contributed by atoms with Crippen LogP contribution in [0.2, 0.25) is 0 Å². The molecule has 0 bridgehead atoms. The van der Waals surface area contributed by atoms with Gasteiger partial charge in [0.15, 0.2) is 57.5 Å². The van der Waals surface area contributed by atoms with Crippen LogP contribution in [-0.4, -0.2) is 308 Å². The molecule has 6 aromatic carbocycles. The van der Waals surface area contributed by atoms with Crippen molar-refractivity contribution in [3.8, 4) is 57.5 Å². The number of carbonyl (C=O) groups excluding carboxylic acids is 4. The van der Waals surface area contributed by atoms with Crippen LogP contribution in [0, 0.1) is 13.8 Å². The predicted octanol–water partition coefficient (Wildman–Crippen LogP) is 4.58. The number of hydrogen-bond acceptors (Lipinski definition) is 26. The molecule has 3 aliphatic rings. The number of alkyl halides is 1. The van der Waals surface area contributed by atoms with Gasteiger partial charge in [-0.3, -0.25) is 24.1 Å². The number of hydrogen-bond donors (Lipinski definition) is 11. The van der Waals surface area contributed by atoms with E-state index in [9.17, 15) is 39.6 Å². The van der Waals surface area contributed by atoms with E-state index in [1.807, 2.05) is 136 Å². The predicted molar refractivity (Wildman–Crippen MR) is 438 cm³/mol. The van der Waals surface area contributed by atoms with Crippen LogP contribution in [0.15, 0.2) is 140 Å². The lowest BCUT2D eigenvalue weighted by Gasteiger charge is -2.35. The number of nitrogens with two attached hydrogens (primary N) is 1. The average Bonchev–Trinajstić information content (AvgIpc) is 1.31. The van der Waals surface area contributed by atoms with E-state index < -0.39 is 24.4 Å². The Morgan fingerprint density at radius 1 is 0.554 bits per heavy atom. The number of β-amino-alcohol motifs (C(OH)–C–C–N with tert-alkyl or cyclic N) is 2. The quantitative estimate of drug-likeness (QED) is 0.0142. The molecule has 0 saturated carbocycles. The molecule has 3 heterocycles. The molecule has 112 heavy (non-hydrogen) atoms. The third-order valence-electron chi connectivity index (χ3n) is 16.3. The zero-order valence-corrected chi connectivity index (χ0v) is 66.0. The van der Waals surface area contributed by atoms with Crippen molar-refractivity contribution in [1.29, 1.82) is 0 Å². The maximum absolute atomic E-state index is 12.5. The van der Waals surface area contributed by atoms with Crippen LogP contribution in [0.25, 0.3) is 0 Å². The number of epoxide rings is 1. The number of nitrogens with one attached hydrogen (secondary N) is 6. The van der Waals surface area contributed by atoms with Gasteiger partial charge in [-0.25, -0.2) is 0 Å². The van der Waals surface area contributed by atoms with Crippen molar-refractivity contribution in [3.63, 3.8) is 0 Å². The second kappa shape index (κ2) is 58.8. The number of aryl methyl sites for hydroxylation is 2. The molecule has 3 aliphatic heterocycles. The largest absolute Gasteiger partial charge is 0.493 e. The Morgan fingerprint density at radius 2 is 0.964 bits per heavy atom. The number of anilines is 1. The number of para-hydroxylation sites is 11. The SMILES string of the molecule is C.C.CNCCN.CNCCN(CC(O)COc1ccccc1OC)C(=O)CCl.CNCCNCC(O)COc1ccccc1OC.COc1ccccc1OCC(O)CN1CCN(CC(=O)Nc2c(C)cccc2C)CC1=O.COc1ccccc1OCC(O)CN1CCNCC1=O.COc1ccccc1OCC1CO1. The first-order chi connectivity index (χ1) is 53.3. The minimum atomic E-state index is -0.831. The van der Waals surface area contributed by atoms with Crippen LogP contribution in [0.3, 0.4) is 0 Å². The molecule has 6 aromatic rings. The van der Waals surface area contributed by atoms with Gasteiger partial charge in [0.2, 0.25) is 23.6 Å². The summed E-state index contributed by atoms with van der Waals surface area (Å²) in [5.41, 5.74) is 7.90. The third-order valence-corrected chi connectivity index (χ3v) is 16.5. The van der Waals surface area contributed by atoms with Gasteiger partial charge in [-0.05, 0) is 107 Å². The molecular weight excluding hydrogens is 1470 g/mol. The van der Waals surface area contributed by atoms with E-state index in [4.69, 9.17) is 69.4 Å². The molecule has 3 saturated heterocycles. The van der Waals surface area contributed by atoms with Crippen LogP contribution in [-0.2, 0) is 23.9 Å². The van der Waals surface area contributed by atoms with Crippen molar-refractivity contribution in [3.05, 3.63) is 151 Å². The number of methoxy groups -OCH3 is 5. The molecule has 4 amide bonds. The van der Waals surface area contributed by atoms with E-state index in [1.165, 1.54) is 4.90 Å². The lowest BCUT2D eigenvalue weighted by Crippen LogP contribution is -2.54. The van der Waals surface area contributed by atoms with E-state index in [0.29, 0.717) is 98.4 Å². The molecule has 31 heteroatoms. The highest BCUT2D eigenvalue weighted by Gasteiger charge is 2.28. The molecule has 3 fully saturated rings. The number of benzene rings is 6. The maximum atomic E-state index is 12.5. The van der Waals surface area contributed by atoms with Crippen molar-refractivity contribution >= 4 is 40.9 Å². The lowest BCUT2D eigenvalue weighted by molar-refractivity contribution is -0.138. The Bertz CT molecular complexity index is 3510. The van der Waals surface area contributed by atoms with Gasteiger partial charge in [-0.2, -0.15) is 0 Å². The molecule has 0 radical (unpaired) electrons. The molecule has 9 rings (SSSR count). The Kier molecular flexibility index (Phi) is 52.0. The zero-order valence-electron chi connectivity index (χ0n) is 65.3. The number of likely N-dealkylation sites (N-methyl/N-ethyl adjacent to an activating group) is 3. The molecule has 0 aromatic heterocycles. The number of nitrogens with zero attached hydrogens (tertiary/aromatic N) is 4. The van der Waals surface area contributed by atoms with Crippen LogP contribution >= 0.6 is 11.6 Å². The van der Waals surface area contributed by atoms with Crippen molar-refractivity contribution in [2.24, 2.45) is 5.73 Å². The minimum Gasteiger partial charge on any atom is -0.493 e.